The molecule has 1 aromatic heterocycles. The summed E-state index contributed by atoms with van der Waals surface area (Å²) in [4.78, 5) is 46.9. The van der Waals surface area contributed by atoms with Gasteiger partial charge in [-0.15, -0.1) is 0 Å². The minimum absolute atomic E-state index is 0.0131. The molecule has 0 bridgehead atoms. The van der Waals surface area contributed by atoms with Crippen LogP contribution >= 0.6 is 0 Å². The molecule has 0 spiro atoms. The molecule has 26 heavy (non-hydrogen) atoms. The number of nitrogens with one attached hydrogen (secondary N) is 1. The van der Waals surface area contributed by atoms with Crippen LogP contribution in [-0.4, -0.2) is 34.7 Å². The molecule has 1 N–H and O–H groups in total. The lowest BCUT2D eigenvalue weighted by atomic mass is 10.1. The number of carbonyl (C=O) groups is 2. The zero-order valence-electron chi connectivity index (χ0n) is 14.0. The Morgan fingerprint density at radius 1 is 1.27 bits per heavy atom. The first-order valence-electron chi connectivity index (χ1n) is 7.62. The molecule has 11 heteroatoms. The summed E-state index contributed by atoms with van der Waals surface area (Å²) in [7, 11) is 0. The molecule has 1 aromatic rings. The van der Waals surface area contributed by atoms with Gasteiger partial charge in [-0.05, 0) is 6.42 Å². The van der Waals surface area contributed by atoms with E-state index in [2.05, 4.69) is 0 Å². The Labute approximate surface area is 144 Å². The van der Waals surface area contributed by atoms with E-state index in [-0.39, 0.29) is 25.7 Å². The van der Waals surface area contributed by atoms with E-state index in [4.69, 9.17) is 9.47 Å². The van der Waals surface area contributed by atoms with Crippen molar-refractivity contribution in [2.75, 3.05) is 13.2 Å². The van der Waals surface area contributed by atoms with E-state index in [0.717, 1.165) is 4.57 Å². The molecule has 0 radical (unpaired) electrons. The molecule has 2 unspecified atom stereocenters. The van der Waals surface area contributed by atoms with E-state index in [9.17, 15) is 32.3 Å². The van der Waals surface area contributed by atoms with Crippen molar-refractivity contribution in [2.45, 2.75) is 33.0 Å². The van der Waals surface area contributed by atoms with Crippen molar-refractivity contribution < 1.29 is 32.2 Å². The first-order valence-corrected chi connectivity index (χ1v) is 7.62. The third-order valence-corrected chi connectivity index (χ3v) is 4.21. The van der Waals surface area contributed by atoms with Gasteiger partial charge >= 0.3 is 23.8 Å². The first-order chi connectivity index (χ1) is 11.9. The SMILES string of the molecule is CC(=O)OCC1CC1(COC(C)=O)Cn1cc(C(F)(F)F)c(=O)[nH]c1=O. The molecule has 1 aliphatic carbocycles. The molecule has 0 amide bonds. The molecule has 0 aliphatic heterocycles. The number of H-pyrrole nitrogens is 1. The number of alkyl halides is 3. The zero-order chi connectivity index (χ0) is 19.7. The minimum Gasteiger partial charge on any atom is -0.466 e. The van der Waals surface area contributed by atoms with Crippen LogP contribution in [0.2, 0.25) is 0 Å². The molecular formula is C15H17F3N2O6. The summed E-state index contributed by atoms with van der Waals surface area (Å²) in [5, 5.41) is 0. The van der Waals surface area contributed by atoms with Crippen molar-refractivity contribution in [3.63, 3.8) is 0 Å². The number of carbonyl (C=O) groups excluding carboxylic acids is 2. The Morgan fingerprint density at radius 3 is 2.42 bits per heavy atom. The Balaban J connectivity index is 2.29. The summed E-state index contributed by atoms with van der Waals surface area (Å²) in [5.41, 5.74) is -4.90. The average molecular weight is 378 g/mol. The van der Waals surface area contributed by atoms with Crippen LogP contribution in [0, 0.1) is 11.3 Å². The maximum atomic E-state index is 12.9. The normalized spacial score (nSPS) is 22.0. The van der Waals surface area contributed by atoms with Crippen molar-refractivity contribution in [1.82, 2.24) is 9.55 Å². The summed E-state index contributed by atoms with van der Waals surface area (Å²) in [6.07, 6.45) is -4.11. The van der Waals surface area contributed by atoms with Gasteiger partial charge in [-0.1, -0.05) is 0 Å². The van der Waals surface area contributed by atoms with E-state index in [1.807, 2.05) is 0 Å². The lowest BCUT2D eigenvalue weighted by Crippen LogP contribution is -2.37. The summed E-state index contributed by atoms with van der Waals surface area (Å²) < 4.78 is 49.2. The second kappa shape index (κ2) is 6.96. The molecular weight excluding hydrogens is 361 g/mol. The lowest BCUT2D eigenvalue weighted by Gasteiger charge is -2.19. The van der Waals surface area contributed by atoms with Crippen LogP contribution in [0.4, 0.5) is 13.2 Å². The second-order valence-corrected chi connectivity index (χ2v) is 6.27. The minimum atomic E-state index is -4.92. The highest BCUT2D eigenvalue weighted by Crippen LogP contribution is 2.54. The fraction of sp³-hybridized carbons (Fsp3) is 0.600. The molecule has 1 fully saturated rings. The smallest absolute Gasteiger partial charge is 0.423 e. The third-order valence-electron chi connectivity index (χ3n) is 4.21. The lowest BCUT2D eigenvalue weighted by molar-refractivity contribution is -0.145. The van der Waals surface area contributed by atoms with Crippen LogP contribution in [0.15, 0.2) is 15.8 Å². The molecule has 1 saturated carbocycles. The second-order valence-electron chi connectivity index (χ2n) is 6.27. The molecule has 0 aromatic carbocycles. The Bertz CT molecular complexity index is 828. The predicted molar refractivity (Wildman–Crippen MR) is 80.1 cm³/mol. The Hall–Kier alpha value is -2.59. The van der Waals surface area contributed by atoms with Gasteiger partial charge < -0.3 is 9.47 Å². The Morgan fingerprint density at radius 2 is 1.88 bits per heavy atom. The summed E-state index contributed by atoms with van der Waals surface area (Å²) in [6.45, 7) is 1.98. The summed E-state index contributed by atoms with van der Waals surface area (Å²) in [6, 6.07) is 0. The van der Waals surface area contributed by atoms with Gasteiger partial charge in [0.2, 0.25) is 0 Å². The third kappa shape index (κ3) is 4.52. The summed E-state index contributed by atoms with van der Waals surface area (Å²) in [5.74, 6) is -1.41. The van der Waals surface area contributed by atoms with Crippen molar-refractivity contribution >= 4 is 11.9 Å². The van der Waals surface area contributed by atoms with E-state index >= 15 is 0 Å². The van der Waals surface area contributed by atoms with Crippen molar-refractivity contribution in [3.8, 4) is 0 Å². The number of esters is 2. The van der Waals surface area contributed by atoms with Crippen molar-refractivity contribution in [1.29, 1.82) is 0 Å². The van der Waals surface area contributed by atoms with E-state index in [1.165, 1.54) is 13.8 Å². The fourth-order valence-corrected chi connectivity index (χ4v) is 2.71. The highest BCUT2D eigenvalue weighted by atomic mass is 19.4. The molecule has 2 rings (SSSR count). The van der Waals surface area contributed by atoms with Gasteiger partial charge in [0.15, 0.2) is 0 Å². The number of hydrogen-bond acceptors (Lipinski definition) is 6. The highest BCUT2D eigenvalue weighted by molar-refractivity contribution is 5.66. The van der Waals surface area contributed by atoms with Gasteiger partial charge in [-0.25, -0.2) is 4.79 Å². The van der Waals surface area contributed by atoms with E-state index in [1.54, 1.807) is 4.98 Å². The zero-order valence-corrected chi connectivity index (χ0v) is 14.0. The van der Waals surface area contributed by atoms with Crippen LogP contribution in [-0.2, 0) is 31.8 Å². The monoisotopic (exact) mass is 378 g/mol. The average Bonchev–Trinajstić information content (AvgIpc) is 3.18. The largest absolute Gasteiger partial charge is 0.466 e. The quantitative estimate of drug-likeness (QED) is 0.730. The van der Waals surface area contributed by atoms with Gasteiger partial charge in [-0.3, -0.25) is 23.9 Å². The van der Waals surface area contributed by atoms with Crippen molar-refractivity contribution in [3.05, 3.63) is 32.6 Å². The van der Waals surface area contributed by atoms with Gasteiger partial charge in [0.25, 0.3) is 5.56 Å². The maximum Gasteiger partial charge on any atom is 0.423 e. The van der Waals surface area contributed by atoms with Crippen LogP contribution < -0.4 is 11.2 Å². The van der Waals surface area contributed by atoms with Gasteiger partial charge in [0.05, 0.1) is 13.2 Å². The number of rotatable bonds is 6. The number of aromatic nitrogens is 2. The molecule has 0 saturated heterocycles. The molecule has 144 valence electrons. The standard InChI is InChI=1S/C15H17F3N2O6/c1-8(21)25-5-10-3-14(10,7-26-9(2)22)6-20-4-11(15(16,17)18)12(23)19-13(20)24/h4,10H,3,5-7H2,1-2H3,(H,19,23,24). The number of nitrogens with zero attached hydrogens (tertiary/aromatic N) is 1. The molecule has 1 heterocycles. The predicted octanol–water partition coefficient (Wildman–Crippen LogP) is 0.688. The van der Waals surface area contributed by atoms with E-state index in [0.29, 0.717) is 12.6 Å². The van der Waals surface area contributed by atoms with Crippen LogP contribution in [0.1, 0.15) is 25.8 Å². The number of ether oxygens (including phenoxy) is 2. The van der Waals surface area contributed by atoms with E-state index < -0.39 is 40.3 Å². The van der Waals surface area contributed by atoms with Crippen LogP contribution in [0.3, 0.4) is 0 Å². The maximum absolute atomic E-state index is 12.9. The van der Waals surface area contributed by atoms with Crippen molar-refractivity contribution in [2.24, 2.45) is 11.3 Å². The topological polar surface area (TPSA) is 107 Å². The van der Waals surface area contributed by atoms with Gasteiger partial charge in [-0.2, -0.15) is 13.2 Å². The first kappa shape index (κ1) is 19.7. The fourth-order valence-electron chi connectivity index (χ4n) is 2.71. The molecule has 1 aliphatic rings. The Kier molecular flexibility index (Phi) is 5.28. The summed E-state index contributed by atoms with van der Waals surface area (Å²) >= 11 is 0. The number of hydrogen-bond donors (Lipinski definition) is 1. The highest BCUT2D eigenvalue weighted by Gasteiger charge is 2.56. The van der Waals surface area contributed by atoms with Gasteiger partial charge in [0.1, 0.15) is 5.56 Å². The van der Waals surface area contributed by atoms with Crippen LogP contribution in [0.25, 0.3) is 0 Å². The number of aromatic amines is 1. The molecule has 2 atom stereocenters. The van der Waals surface area contributed by atoms with Crippen LogP contribution in [0.5, 0.6) is 0 Å². The molecule has 8 nitrogen and oxygen atoms in total. The van der Waals surface area contributed by atoms with Gasteiger partial charge in [0, 0.05) is 37.9 Å². The number of halogens is 3.